The molecule has 3 nitrogen and oxygen atoms in total. The molecule has 0 radical (unpaired) electrons. The van der Waals surface area contributed by atoms with Crippen LogP contribution in [0.2, 0.25) is 0 Å². The summed E-state index contributed by atoms with van der Waals surface area (Å²) in [5.74, 6) is 0.782. The molecule has 0 aliphatic carbocycles. The van der Waals surface area contributed by atoms with Crippen LogP contribution in [0.5, 0.6) is 0 Å². The van der Waals surface area contributed by atoms with Crippen LogP contribution in [0.4, 0.5) is 13.2 Å². The van der Waals surface area contributed by atoms with Crippen LogP contribution in [0.1, 0.15) is 37.5 Å². The van der Waals surface area contributed by atoms with E-state index in [1.165, 1.54) is 0 Å². The molecule has 1 aromatic rings. The van der Waals surface area contributed by atoms with Gasteiger partial charge in [0.1, 0.15) is 5.76 Å². The number of hydrogen-bond acceptors (Lipinski definition) is 3. The molecule has 0 bridgehead atoms. The lowest BCUT2D eigenvalue weighted by Gasteiger charge is -2.07. The largest absolute Gasteiger partial charge is 0.468 e. The van der Waals surface area contributed by atoms with Gasteiger partial charge in [-0.25, -0.2) is 0 Å². The third-order valence-corrected chi connectivity index (χ3v) is 2.56. The van der Waals surface area contributed by atoms with Gasteiger partial charge in [-0.15, -0.1) is 0 Å². The molecular formula is C13H20F3NO2. The van der Waals surface area contributed by atoms with Gasteiger partial charge in [0.25, 0.3) is 0 Å². The third-order valence-electron chi connectivity index (χ3n) is 2.56. The van der Waals surface area contributed by atoms with E-state index >= 15 is 0 Å². The van der Waals surface area contributed by atoms with Crippen molar-refractivity contribution in [2.45, 2.75) is 45.5 Å². The zero-order chi connectivity index (χ0) is 14.1. The van der Waals surface area contributed by atoms with Gasteiger partial charge in [-0.2, -0.15) is 13.2 Å². The van der Waals surface area contributed by atoms with Gasteiger partial charge >= 0.3 is 6.18 Å². The van der Waals surface area contributed by atoms with E-state index in [1.807, 2.05) is 0 Å². The predicted octanol–water partition coefficient (Wildman–Crippen LogP) is 3.64. The van der Waals surface area contributed by atoms with Crippen molar-refractivity contribution in [3.63, 3.8) is 0 Å². The van der Waals surface area contributed by atoms with Crippen LogP contribution >= 0.6 is 0 Å². The van der Waals surface area contributed by atoms with Gasteiger partial charge in [0, 0.05) is 18.6 Å². The summed E-state index contributed by atoms with van der Waals surface area (Å²) in [6.07, 6.45) is -2.32. The highest BCUT2D eigenvalue weighted by Crippen LogP contribution is 2.21. The van der Waals surface area contributed by atoms with E-state index in [9.17, 15) is 13.2 Å². The molecule has 0 unspecified atom stereocenters. The molecule has 0 atom stereocenters. The molecule has 0 fully saturated rings. The van der Waals surface area contributed by atoms with Crippen LogP contribution in [-0.4, -0.2) is 19.3 Å². The summed E-state index contributed by atoms with van der Waals surface area (Å²) < 4.78 is 46.3. The van der Waals surface area contributed by atoms with Gasteiger partial charge in [-0.3, -0.25) is 0 Å². The number of nitrogens with one attached hydrogen (secondary N) is 1. The van der Waals surface area contributed by atoms with Crippen LogP contribution in [0.15, 0.2) is 16.7 Å². The van der Waals surface area contributed by atoms with Gasteiger partial charge in [0.15, 0.2) is 0 Å². The maximum atomic E-state index is 11.9. The minimum atomic E-state index is -4.10. The van der Waals surface area contributed by atoms with Crippen molar-refractivity contribution in [1.82, 2.24) is 5.32 Å². The van der Waals surface area contributed by atoms with E-state index in [0.29, 0.717) is 6.54 Å². The third kappa shape index (κ3) is 7.22. The summed E-state index contributed by atoms with van der Waals surface area (Å²) in [7, 11) is 0. The first-order valence-electron chi connectivity index (χ1n) is 6.43. The Kier molecular flexibility index (Phi) is 6.94. The summed E-state index contributed by atoms with van der Waals surface area (Å²) in [4.78, 5) is 0. The standard InChI is InChI=1S/C13H20F3NO2/c1-2-6-17-9-12-11(4-8-19-12)10-18-7-3-5-13(14,15)16/h4,8,17H,2-3,5-7,9-10H2,1H3. The van der Waals surface area contributed by atoms with E-state index in [0.717, 1.165) is 24.3 Å². The van der Waals surface area contributed by atoms with E-state index < -0.39 is 12.6 Å². The van der Waals surface area contributed by atoms with Gasteiger partial charge in [-0.1, -0.05) is 6.92 Å². The lowest BCUT2D eigenvalue weighted by atomic mass is 10.2. The van der Waals surface area contributed by atoms with Crippen molar-refractivity contribution >= 4 is 0 Å². The zero-order valence-corrected chi connectivity index (χ0v) is 11.1. The Morgan fingerprint density at radius 1 is 1.37 bits per heavy atom. The fourth-order valence-corrected chi connectivity index (χ4v) is 1.59. The molecule has 1 N–H and O–H groups in total. The van der Waals surface area contributed by atoms with E-state index in [2.05, 4.69) is 12.2 Å². The topological polar surface area (TPSA) is 34.4 Å². The lowest BCUT2D eigenvalue weighted by Crippen LogP contribution is -2.14. The molecule has 0 aliphatic rings. The van der Waals surface area contributed by atoms with Gasteiger partial charge in [-0.05, 0) is 25.5 Å². The quantitative estimate of drug-likeness (QED) is 0.701. The summed E-state index contributed by atoms with van der Waals surface area (Å²) in [6, 6.07) is 1.78. The Balaban J connectivity index is 2.20. The van der Waals surface area contributed by atoms with Gasteiger partial charge in [0.05, 0.1) is 19.4 Å². The number of ether oxygens (including phenoxy) is 1. The molecule has 0 aliphatic heterocycles. The Hall–Kier alpha value is -1.01. The highest BCUT2D eigenvalue weighted by molar-refractivity contribution is 5.15. The molecule has 110 valence electrons. The van der Waals surface area contributed by atoms with E-state index in [4.69, 9.17) is 9.15 Å². The second-order valence-electron chi connectivity index (χ2n) is 4.32. The number of alkyl halides is 3. The maximum Gasteiger partial charge on any atom is 0.389 e. The smallest absolute Gasteiger partial charge is 0.389 e. The number of rotatable bonds is 9. The highest BCUT2D eigenvalue weighted by Gasteiger charge is 2.25. The van der Waals surface area contributed by atoms with Crippen molar-refractivity contribution in [3.05, 3.63) is 23.7 Å². The summed E-state index contributed by atoms with van der Waals surface area (Å²) in [6.45, 7) is 3.97. The van der Waals surface area contributed by atoms with Crippen molar-refractivity contribution in [1.29, 1.82) is 0 Å². The van der Waals surface area contributed by atoms with Crippen LogP contribution < -0.4 is 5.32 Å². The lowest BCUT2D eigenvalue weighted by molar-refractivity contribution is -0.138. The predicted molar refractivity (Wildman–Crippen MR) is 65.7 cm³/mol. The summed E-state index contributed by atoms with van der Waals surface area (Å²) in [5.41, 5.74) is 0.885. The minimum absolute atomic E-state index is 0.00916. The maximum absolute atomic E-state index is 11.9. The molecule has 0 saturated carbocycles. The zero-order valence-electron chi connectivity index (χ0n) is 11.1. The monoisotopic (exact) mass is 279 g/mol. The molecule has 0 aromatic carbocycles. The summed E-state index contributed by atoms with van der Waals surface area (Å²) >= 11 is 0. The number of hydrogen-bond donors (Lipinski definition) is 1. The molecule has 1 rings (SSSR count). The van der Waals surface area contributed by atoms with Gasteiger partial charge < -0.3 is 14.5 Å². The molecular weight excluding hydrogens is 259 g/mol. The van der Waals surface area contributed by atoms with Gasteiger partial charge in [0.2, 0.25) is 0 Å². The second kappa shape index (κ2) is 8.22. The molecule has 0 spiro atoms. The molecule has 1 heterocycles. The molecule has 1 aromatic heterocycles. The van der Waals surface area contributed by atoms with E-state index in [1.54, 1.807) is 12.3 Å². The number of furan rings is 1. The molecule has 6 heteroatoms. The first-order chi connectivity index (χ1) is 9.03. The van der Waals surface area contributed by atoms with Crippen LogP contribution in [0.3, 0.4) is 0 Å². The highest BCUT2D eigenvalue weighted by atomic mass is 19.4. The SMILES string of the molecule is CCCNCc1occc1COCCCC(F)(F)F. The van der Waals surface area contributed by atoms with Crippen molar-refractivity contribution in [3.8, 4) is 0 Å². The molecule has 0 saturated heterocycles. The number of halogens is 3. The normalized spacial score (nSPS) is 12.0. The molecule has 19 heavy (non-hydrogen) atoms. The van der Waals surface area contributed by atoms with Crippen molar-refractivity contribution in [2.24, 2.45) is 0 Å². The Morgan fingerprint density at radius 3 is 2.84 bits per heavy atom. The van der Waals surface area contributed by atoms with Crippen LogP contribution in [0.25, 0.3) is 0 Å². The van der Waals surface area contributed by atoms with Crippen LogP contribution in [-0.2, 0) is 17.9 Å². The van der Waals surface area contributed by atoms with Crippen molar-refractivity contribution in [2.75, 3.05) is 13.2 Å². The average Bonchev–Trinajstić information content (AvgIpc) is 2.75. The minimum Gasteiger partial charge on any atom is -0.468 e. The average molecular weight is 279 g/mol. The Bertz CT molecular complexity index is 350. The summed E-state index contributed by atoms with van der Waals surface area (Å²) in [5, 5.41) is 3.20. The van der Waals surface area contributed by atoms with E-state index in [-0.39, 0.29) is 19.6 Å². The second-order valence-corrected chi connectivity index (χ2v) is 4.32. The first kappa shape index (κ1) is 16.0. The Labute approximate surface area is 111 Å². The van der Waals surface area contributed by atoms with Crippen molar-refractivity contribution < 1.29 is 22.3 Å². The fraction of sp³-hybridized carbons (Fsp3) is 0.692. The Morgan fingerprint density at radius 2 is 2.16 bits per heavy atom. The molecule has 0 amide bonds. The van der Waals surface area contributed by atoms with Crippen LogP contribution in [0, 0.1) is 0 Å². The fourth-order valence-electron chi connectivity index (χ4n) is 1.59. The first-order valence-corrected chi connectivity index (χ1v) is 6.43.